The number of nitrogens with two attached hydrogens (primary N) is 1. The number of hydrogen-bond donors (Lipinski definition) is 1. The maximum atomic E-state index is 12.7. The second kappa shape index (κ2) is 7.59. The molecule has 0 aliphatic carbocycles. The van der Waals surface area contributed by atoms with Crippen LogP contribution in [0.1, 0.15) is 32.1 Å². The first-order valence-electron chi connectivity index (χ1n) is 10.4. The highest BCUT2D eigenvalue weighted by molar-refractivity contribution is 6.21. The molecular formula is C23H16N8O3. The van der Waals surface area contributed by atoms with E-state index in [4.69, 9.17) is 10.2 Å². The van der Waals surface area contributed by atoms with E-state index in [-0.39, 0.29) is 30.9 Å². The number of furan rings is 1. The van der Waals surface area contributed by atoms with Gasteiger partial charge in [-0.05, 0) is 36.4 Å². The van der Waals surface area contributed by atoms with Gasteiger partial charge in [-0.25, -0.2) is 9.67 Å². The third-order valence-corrected chi connectivity index (χ3v) is 5.51. The predicted octanol–water partition coefficient (Wildman–Crippen LogP) is 2.30. The fourth-order valence-electron chi connectivity index (χ4n) is 3.97. The summed E-state index contributed by atoms with van der Waals surface area (Å²) in [4.78, 5) is 39.7. The van der Waals surface area contributed by atoms with Crippen molar-refractivity contribution in [2.45, 2.75) is 13.1 Å². The summed E-state index contributed by atoms with van der Waals surface area (Å²) in [6.45, 7) is 0.316. The molecule has 0 spiro atoms. The van der Waals surface area contributed by atoms with E-state index < -0.39 is 0 Å². The fourth-order valence-corrected chi connectivity index (χ4v) is 3.97. The summed E-state index contributed by atoms with van der Waals surface area (Å²) >= 11 is 0. The number of benzene rings is 1. The maximum Gasteiger partial charge on any atom is 0.261 e. The molecule has 0 radical (unpaired) electrons. The first-order valence-corrected chi connectivity index (χ1v) is 10.4. The monoisotopic (exact) mass is 452 g/mol. The molecule has 2 amide bonds. The van der Waals surface area contributed by atoms with Crippen LogP contribution in [0.25, 0.3) is 22.6 Å². The van der Waals surface area contributed by atoms with E-state index in [0.717, 1.165) is 0 Å². The van der Waals surface area contributed by atoms with Crippen molar-refractivity contribution in [2.75, 3.05) is 5.73 Å². The minimum Gasteiger partial charge on any atom is -0.463 e. The lowest BCUT2D eigenvalue weighted by molar-refractivity contribution is 0.0640. The molecule has 0 bridgehead atoms. The lowest BCUT2D eigenvalue weighted by Gasteiger charge is -2.14. The highest BCUT2D eigenvalue weighted by Crippen LogP contribution is 2.26. The molecule has 4 aromatic heterocycles. The number of nitrogen functional groups attached to an aromatic ring is 1. The van der Waals surface area contributed by atoms with Gasteiger partial charge >= 0.3 is 0 Å². The Bertz CT molecular complexity index is 1540. The van der Waals surface area contributed by atoms with E-state index in [1.807, 2.05) is 12.1 Å². The minimum atomic E-state index is -0.326. The van der Waals surface area contributed by atoms with Crippen molar-refractivity contribution < 1.29 is 14.0 Å². The number of amides is 2. The number of fused-ring (bicyclic) bond motifs is 2. The van der Waals surface area contributed by atoms with Crippen LogP contribution >= 0.6 is 0 Å². The fraction of sp³-hybridized carbons (Fsp3) is 0.0870. The van der Waals surface area contributed by atoms with E-state index >= 15 is 0 Å². The summed E-state index contributed by atoms with van der Waals surface area (Å²) in [5.41, 5.74) is 9.28. The zero-order valence-corrected chi connectivity index (χ0v) is 17.6. The molecule has 34 heavy (non-hydrogen) atoms. The largest absolute Gasteiger partial charge is 0.463 e. The lowest BCUT2D eigenvalue weighted by Crippen LogP contribution is -2.29. The van der Waals surface area contributed by atoms with Crippen LogP contribution in [-0.4, -0.2) is 46.7 Å². The molecule has 11 heteroatoms. The van der Waals surface area contributed by atoms with Crippen LogP contribution in [0.4, 0.5) is 5.95 Å². The zero-order chi connectivity index (χ0) is 23.2. The number of pyridine rings is 1. The number of nitrogens with zero attached hydrogens (tertiary/aromatic N) is 7. The first kappa shape index (κ1) is 19.7. The molecule has 0 saturated heterocycles. The quantitative estimate of drug-likeness (QED) is 0.397. The molecule has 1 aliphatic rings. The highest BCUT2D eigenvalue weighted by Gasteiger charge is 2.35. The zero-order valence-electron chi connectivity index (χ0n) is 17.6. The second-order valence-electron chi connectivity index (χ2n) is 7.69. The molecule has 0 fully saturated rings. The molecule has 6 rings (SSSR count). The van der Waals surface area contributed by atoms with Crippen molar-refractivity contribution in [3.63, 3.8) is 0 Å². The smallest absolute Gasteiger partial charge is 0.261 e. The molecule has 1 aliphatic heterocycles. The number of imide groups is 1. The van der Waals surface area contributed by atoms with Crippen molar-refractivity contribution in [3.8, 4) is 11.5 Å². The Labute approximate surface area is 191 Å². The van der Waals surface area contributed by atoms with Gasteiger partial charge in [0.2, 0.25) is 5.95 Å². The van der Waals surface area contributed by atoms with E-state index in [1.165, 1.54) is 11.2 Å². The van der Waals surface area contributed by atoms with E-state index in [9.17, 15) is 9.59 Å². The molecule has 0 atom stereocenters. The Kier molecular flexibility index (Phi) is 4.40. The summed E-state index contributed by atoms with van der Waals surface area (Å²) in [6.07, 6.45) is 1.54. The van der Waals surface area contributed by atoms with Crippen molar-refractivity contribution in [1.82, 2.24) is 34.8 Å². The molecule has 0 saturated carbocycles. The molecular weight excluding hydrogens is 436 g/mol. The number of rotatable bonds is 5. The summed E-state index contributed by atoms with van der Waals surface area (Å²) in [5, 5.41) is 8.40. The SMILES string of the molecule is Nc1nc(-c2ccco2)c2nnn(Cc3cccc(CN4C(=O)c5ccccc5C4=O)n3)c2n1. The average molecular weight is 452 g/mol. The van der Waals surface area contributed by atoms with Gasteiger partial charge in [0.05, 0.1) is 41.9 Å². The predicted molar refractivity (Wildman–Crippen MR) is 119 cm³/mol. The third-order valence-electron chi connectivity index (χ3n) is 5.51. The Hall–Kier alpha value is -4.93. The van der Waals surface area contributed by atoms with Gasteiger partial charge < -0.3 is 10.2 Å². The summed E-state index contributed by atoms with van der Waals surface area (Å²) in [7, 11) is 0. The molecule has 5 aromatic rings. The average Bonchev–Trinajstić information content (AvgIpc) is 3.57. The summed E-state index contributed by atoms with van der Waals surface area (Å²) in [6, 6.07) is 15.7. The Morgan fingerprint density at radius 3 is 2.26 bits per heavy atom. The van der Waals surface area contributed by atoms with Gasteiger partial charge in [-0.2, -0.15) is 4.98 Å². The highest BCUT2D eigenvalue weighted by atomic mass is 16.3. The van der Waals surface area contributed by atoms with Crippen LogP contribution in [0.5, 0.6) is 0 Å². The lowest BCUT2D eigenvalue weighted by atomic mass is 10.1. The number of aromatic nitrogens is 6. The van der Waals surface area contributed by atoms with Gasteiger partial charge in [0.1, 0.15) is 5.69 Å². The van der Waals surface area contributed by atoms with Gasteiger partial charge in [0.15, 0.2) is 16.9 Å². The summed E-state index contributed by atoms with van der Waals surface area (Å²) in [5.74, 6) is -0.0811. The van der Waals surface area contributed by atoms with Crippen molar-refractivity contribution in [3.05, 3.63) is 83.4 Å². The standard InChI is InChI=1S/C23H16N8O3/c24-23-26-18(17-9-4-10-34-17)19-20(27-23)31(29-28-19)12-14-6-3-5-13(25-14)11-30-21(32)15-7-1-2-8-16(15)22(30)33/h1-10H,11-12H2,(H2,24,26,27). The van der Waals surface area contributed by atoms with E-state index in [2.05, 4.69) is 25.3 Å². The number of carbonyl (C=O) groups excluding carboxylic acids is 2. The van der Waals surface area contributed by atoms with Crippen LogP contribution in [-0.2, 0) is 13.1 Å². The molecule has 166 valence electrons. The van der Waals surface area contributed by atoms with Crippen LogP contribution in [0.3, 0.4) is 0 Å². The van der Waals surface area contributed by atoms with Crippen LogP contribution in [0.2, 0.25) is 0 Å². The Morgan fingerprint density at radius 2 is 1.56 bits per heavy atom. The van der Waals surface area contributed by atoms with Gasteiger partial charge in [-0.15, -0.1) is 5.10 Å². The molecule has 0 unspecified atom stereocenters. The molecule has 2 N–H and O–H groups in total. The van der Waals surface area contributed by atoms with E-state index in [1.54, 1.807) is 47.1 Å². The normalized spacial score (nSPS) is 13.1. The Balaban J connectivity index is 1.29. The van der Waals surface area contributed by atoms with Crippen molar-refractivity contribution >= 4 is 28.9 Å². The molecule has 1 aromatic carbocycles. The topological polar surface area (TPSA) is 146 Å². The number of carbonyl (C=O) groups is 2. The van der Waals surface area contributed by atoms with Gasteiger partial charge in [0, 0.05) is 0 Å². The Morgan fingerprint density at radius 1 is 0.824 bits per heavy atom. The second-order valence-corrected chi connectivity index (χ2v) is 7.69. The van der Waals surface area contributed by atoms with Crippen LogP contribution in [0.15, 0.2) is 65.3 Å². The first-order chi connectivity index (χ1) is 16.6. The van der Waals surface area contributed by atoms with Gasteiger partial charge in [-0.3, -0.25) is 19.5 Å². The van der Waals surface area contributed by atoms with Gasteiger partial charge in [0.25, 0.3) is 11.8 Å². The van der Waals surface area contributed by atoms with Crippen LogP contribution in [0, 0.1) is 0 Å². The van der Waals surface area contributed by atoms with Crippen molar-refractivity contribution in [1.29, 1.82) is 0 Å². The van der Waals surface area contributed by atoms with Crippen molar-refractivity contribution in [2.24, 2.45) is 0 Å². The molecule has 11 nitrogen and oxygen atoms in total. The van der Waals surface area contributed by atoms with Crippen LogP contribution < -0.4 is 5.73 Å². The molecule has 5 heterocycles. The number of anilines is 1. The minimum absolute atomic E-state index is 0.0646. The van der Waals surface area contributed by atoms with Gasteiger partial charge in [-0.1, -0.05) is 23.4 Å². The summed E-state index contributed by atoms with van der Waals surface area (Å²) < 4.78 is 7.00. The van der Waals surface area contributed by atoms with E-state index in [0.29, 0.717) is 45.1 Å². The number of hydrogen-bond acceptors (Lipinski definition) is 9. The maximum absolute atomic E-state index is 12.7. The third kappa shape index (κ3) is 3.18.